The third kappa shape index (κ3) is 8.80. The molecule has 0 unspecified atom stereocenters. The molecule has 0 saturated carbocycles. The number of anilines is 4. The van der Waals surface area contributed by atoms with Crippen molar-refractivity contribution in [2.45, 2.75) is 19.6 Å². The first kappa shape index (κ1) is 37.4. The van der Waals surface area contributed by atoms with E-state index in [1.165, 1.54) is 28.2 Å². The molecule has 6 heteroatoms. The molecule has 0 aromatic heterocycles. The average molecular weight is 797 g/mol. The molecule has 0 spiro atoms. The number of benzene rings is 8. The minimum atomic E-state index is -0.485. The van der Waals surface area contributed by atoms with Crippen LogP contribution >= 0.6 is 42.6 Å². The molecule has 0 atom stereocenters. The van der Waals surface area contributed by atoms with Gasteiger partial charge in [-0.15, -0.1) is 0 Å². The van der Waals surface area contributed by atoms with Crippen LogP contribution in [0.5, 0.6) is 0 Å². The van der Waals surface area contributed by atoms with Gasteiger partial charge in [0.25, 0.3) is 0 Å². The maximum absolute atomic E-state index is 2.47. The van der Waals surface area contributed by atoms with Crippen molar-refractivity contribution in [1.82, 2.24) is 0 Å². The van der Waals surface area contributed by atoms with Crippen molar-refractivity contribution in [3.63, 3.8) is 0 Å². The second-order valence-electron chi connectivity index (χ2n) is 12.6. The molecule has 8 aromatic carbocycles. The summed E-state index contributed by atoms with van der Waals surface area (Å²) in [4.78, 5) is 9.97. The van der Waals surface area contributed by atoms with Gasteiger partial charge in [-0.05, 0) is 119 Å². The van der Waals surface area contributed by atoms with Gasteiger partial charge >= 0.3 is 0 Å². The molecule has 0 amide bonds. The Kier molecular flexibility index (Phi) is 12.6. The van der Waals surface area contributed by atoms with Crippen molar-refractivity contribution in [3.8, 4) is 0 Å². The molecule has 8 rings (SSSR count). The number of hydrogen-bond acceptors (Lipinski definition) is 2. The molecule has 56 heavy (non-hydrogen) atoms. The SMILES string of the molecule is c1ccc(N(C(SSC(N(c2ccccc2)c2ccccc2)=S(c2ccccc2)c2ccccc2)=S(c2ccccc2)c2ccccc2)c2ccccc2)cc1. The van der Waals surface area contributed by atoms with Gasteiger partial charge in [0, 0.05) is 42.3 Å². The molecule has 0 aliphatic rings. The van der Waals surface area contributed by atoms with Gasteiger partial charge in [0.05, 0.1) is 0 Å². The Morgan fingerprint density at radius 2 is 0.429 bits per heavy atom. The monoisotopic (exact) mass is 796 g/mol. The van der Waals surface area contributed by atoms with E-state index in [2.05, 4.69) is 252 Å². The van der Waals surface area contributed by atoms with Crippen molar-refractivity contribution >= 4 is 73.9 Å². The second-order valence-corrected chi connectivity index (χ2v) is 19.1. The summed E-state index contributed by atoms with van der Waals surface area (Å²) in [7, 11) is 2.75. The van der Waals surface area contributed by atoms with Gasteiger partial charge in [-0.25, -0.2) is 0 Å². The fourth-order valence-electron chi connectivity index (χ4n) is 6.33. The Morgan fingerprint density at radius 1 is 0.250 bits per heavy atom. The third-order valence-electron chi connectivity index (χ3n) is 8.87. The van der Waals surface area contributed by atoms with Crippen molar-refractivity contribution < 1.29 is 0 Å². The molecule has 0 bridgehead atoms. The van der Waals surface area contributed by atoms with Crippen LogP contribution in [0.4, 0.5) is 22.7 Å². The van der Waals surface area contributed by atoms with Gasteiger partial charge in [0.1, 0.15) is 8.64 Å². The van der Waals surface area contributed by atoms with Crippen LogP contribution in [0.25, 0.3) is 0 Å². The summed E-state index contributed by atoms with van der Waals surface area (Å²) in [5, 5.41) is 0. The summed E-state index contributed by atoms with van der Waals surface area (Å²) in [5.74, 6) is 0. The molecule has 0 fully saturated rings. The maximum atomic E-state index is 2.47. The minimum absolute atomic E-state index is 0.485. The van der Waals surface area contributed by atoms with E-state index in [1.54, 1.807) is 0 Å². The first-order valence-electron chi connectivity index (χ1n) is 18.4. The maximum Gasteiger partial charge on any atom is 0.125 e. The standard InChI is InChI=1S/C50H40N2S4/c1-9-25-41(26-10-1)51(42-27-11-2-12-28-42)49(55(45-33-17-5-18-34-45)46-35-19-6-20-36-46)53-54-50(52(43-29-13-3-14-30-43)44-31-15-4-16-32-44)56(47-37-21-7-22-38-47)48-39-23-8-24-40-48/h1-40H. The van der Waals surface area contributed by atoms with Gasteiger partial charge in [-0.1, -0.05) is 167 Å². The molecule has 8 aromatic rings. The van der Waals surface area contributed by atoms with Gasteiger partial charge in [0.2, 0.25) is 0 Å². The zero-order chi connectivity index (χ0) is 37.8. The predicted octanol–water partition coefficient (Wildman–Crippen LogP) is 15.0. The minimum Gasteiger partial charge on any atom is -0.299 e. The molecule has 0 radical (unpaired) electrons. The van der Waals surface area contributed by atoms with E-state index in [0.717, 1.165) is 22.7 Å². The number of nitrogens with zero attached hydrogens (tertiary/aromatic N) is 2. The molecule has 0 aliphatic carbocycles. The lowest BCUT2D eigenvalue weighted by molar-refractivity contribution is 1.37. The molecule has 2 nitrogen and oxygen atoms in total. The Labute approximate surface area is 343 Å². The average Bonchev–Trinajstić information content (AvgIpc) is 3.28. The zero-order valence-electron chi connectivity index (χ0n) is 30.6. The van der Waals surface area contributed by atoms with E-state index < -0.39 is 21.0 Å². The van der Waals surface area contributed by atoms with Crippen molar-refractivity contribution in [2.75, 3.05) is 9.80 Å². The highest BCUT2D eigenvalue weighted by atomic mass is 33.1. The predicted molar refractivity (Wildman–Crippen MR) is 249 cm³/mol. The summed E-state index contributed by atoms with van der Waals surface area (Å²) < 4.78 is 2.43. The fraction of sp³-hybridized carbons (Fsp3) is 0. The Bertz CT molecular complexity index is 2140. The lowest BCUT2D eigenvalue weighted by Crippen LogP contribution is -2.26. The van der Waals surface area contributed by atoms with Crippen molar-refractivity contribution in [2.24, 2.45) is 0 Å². The molecule has 0 heterocycles. The zero-order valence-corrected chi connectivity index (χ0v) is 33.9. The number of rotatable bonds is 8. The Morgan fingerprint density at radius 3 is 0.625 bits per heavy atom. The fourth-order valence-corrected chi connectivity index (χ4v) is 15.3. The van der Waals surface area contributed by atoms with E-state index in [-0.39, 0.29) is 0 Å². The second kappa shape index (κ2) is 18.9. The topological polar surface area (TPSA) is 6.48 Å². The van der Waals surface area contributed by atoms with E-state index >= 15 is 0 Å². The van der Waals surface area contributed by atoms with Crippen LogP contribution in [-0.2, 0) is 0 Å². The van der Waals surface area contributed by atoms with E-state index in [4.69, 9.17) is 0 Å². The van der Waals surface area contributed by atoms with Crippen LogP contribution in [0.1, 0.15) is 0 Å². The van der Waals surface area contributed by atoms with Crippen LogP contribution in [-0.4, -0.2) is 8.64 Å². The molecular weight excluding hydrogens is 757 g/mol. The smallest absolute Gasteiger partial charge is 0.125 e. The first-order valence-corrected chi connectivity index (χ1v) is 23.0. The van der Waals surface area contributed by atoms with Gasteiger partial charge in [0.15, 0.2) is 0 Å². The van der Waals surface area contributed by atoms with Gasteiger partial charge in [-0.2, -0.15) is 0 Å². The summed E-state index contributed by atoms with van der Waals surface area (Å²) in [5.41, 5.74) is 4.45. The first-order chi connectivity index (χ1) is 27.8. The summed E-state index contributed by atoms with van der Waals surface area (Å²) >= 11 is 0. The quantitative estimate of drug-likeness (QED) is 0.112. The lowest BCUT2D eigenvalue weighted by Gasteiger charge is -2.33. The molecule has 0 saturated heterocycles. The largest absolute Gasteiger partial charge is 0.299 e. The van der Waals surface area contributed by atoms with Gasteiger partial charge < -0.3 is 0 Å². The summed E-state index contributed by atoms with van der Waals surface area (Å²) in [6, 6.07) is 87.2. The Balaban J connectivity index is 1.44. The molecule has 274 valence electrons. The van der Waals surface area contributed by atoms with Crippen LogP contribution in [0.15, 0.2) is 262 Å². The van der Waals surface area contributed by atoms with E-state index in [9.17, 15) is 0 Å². The van der Waals surface area contributed by atoms with Crippen molar-refractivity contribution in [3.05, 3.63) is 243 Å². The highest BCUT2D eigenvalue weighted by molar-refractivity contribution is 8.91. The van der Waals surface area contributed by atoms with Crippen LogP contribution in [0, 0.1) is 0 Å². The third-order valence-corrected chi connectivity index (χ3v) is 17.0. The number of hydrogen-bond donors (Lipinski definition) is 0. The molecular formula is C50H40N2S4. The summed E-state index contributed by atoms with van der Waals surface area (Å²) in [6.07, 6.45) is 0. The van der Waals surface area contributed by atoms with Crippen LogP contribution in [0.2, 0.25) is 0 Å². The van der Waals surface area contributed by atoms with Gasteiger partial charge in [-0.3, -0.25) is 9.80 Å². The summed E-state index contributed by atoms with van der Waals surface area (Å²) in [6.45, 7) is 0. The number of para-hydroxylation sites is 4. The highest BCUT2D eigenvalue weighted by Crippen LogP contribution is 2.51. The molecule has 0 N–H and O–H groups in total. The van der Waals surface area contributed by atoms with Crippen LogP contribution < -0.4 is 9.80 Å². The Hall–Kier alpha value is -5.50. The van der Waals surface area contributed by atoms with Crippen LogP contribution in [0.3, 0.4) is 0 Å². The normalized spacial score (nSPS) is 11.0. The highest BCUT2D eigenvalue weighted by Gasteiger charge is 2.27. The lowest BCUT2D eigenvalue weighted by atomic mass is 10.2. The van der Waals surface area contributed by atoms with E-state index in [0.29, 0.717) is 0 Å². The molecule has 0 aliphatic heterocycles. The van der Waals surface area contributed by atoms with Crippen molar-refractivity contribution in [1.29, 1.82) is 0 Å². The van der Waals surface area contributed by atoms with E-state index in [1.807, 2.05) is 21.6 Å².